The number of hydrogen-bond acceptors (Lipinski definition) is 5. The molecule has 0 radical (unpaired) electrons. The van der Waals surface area contributed by atoms with Crippen LogP contribution in [0.15, 0.2) is 12.3 Å². The highest BCUT2D eigenvalue weighted by atomic mass is 16.5. The molecule has 0 spiro atoms. The lowest BCUT2D eigenvalue weighted by Gasteiger charge is -2.11. The Morgan fingerprint density at radius 1 is 1.37 bits per heavy atom. The number of hydrogen-bond donors (Lipinski definition) is 1. The van der Waals surface area contributed by atoms with Crippen molar-refractivity contribution in [2.45, 2.75) is 39.7 Å². The van der Waals surface area contributed by atoms with Crippen molar-refractivity contribution < 1.29 is 19.4 Å². The number of aliphatic hydroxyl groups is 1. The third kappa shape index (κ3) is 5.70. The fourth-order valence-corrected chi connectivity index (χ4v) is 1.60. The lowest BCUT2D eigenvalue weighted by Crippen LogP contribution is -2.05. The van der Waals surface area contributed by atoms with Gasteiger partial charge in [-0.15, -0.1) is 0 Å². The monoisotopic (exact) mass is 267 g/mol. The number of carbonyl (C=O) groups excluding carboxylic acids is 1. The summed E-state index contributed by atoms with van der Waals surface area (Å²) < 4.78 is 10.6. The highest BCUT2D eigenvalue weighted by Crippen LogP contribution is 2.20. The Bertz CT molecular complexity index is 406. The van der Waals surface area contributed by atoms with Crippen molar-refractivity contribution in [1.82, 2.24) is 4.98 Å². The minimum Gasteiger partial charge on any atom is -0.493 e. The van der Waals surface area contributed by atoms with Gasteiger partial charge in [-0.05, 0) is 32.3 Å². The van der Waals surface area contributed by atoms with E-state index in [0.29, 0.717) is 12.3 Å². The standard InChI is InChI=1S/C14H21NO4/c1-11-13(10-19-12(2)17)15-7-6-14(11)18-9-5-3-4-8-16/h6-7,16H,3-5,8-10H2,1-2H3. The normalized spacial score (nSPS) is 10.3. The van der Waals surface area contributed by atoms with Gasteiger partial charge < -0.3 is 14.6 Å². The van der Waals surface area contributed by atoms with Crippen molar-refractivity contribution in [3.05, 3.63) is 23.5 Å². The molecular weight excluding hydrogens is 246 g/mol. The van der Waals surface area contributed by atoms with E-state index in [1.54, 1.807) is 12.3 Å². The molecule has 0 amide bonds. The molecule has 5 nitrogen and oxygen atoms in total. The molecule has 0 aliphatic rings. The summed E-state index contributed by atoms with van der Waals surface area (Å²) in [6.07, 6.45) is 4.30. The van der Waals surface area contributed by atoms with E-state index in [0.717, 1.165) is 30.6 Å². The summed E-state index contributed by atoms with van der Waals surface area (Å²) in [4.78, 5) is 15.0. The molecule has 19 heavy (non-hydrogen) atoms. The number of carbonyl (C=O) groups is 1. The van der Waals surface area contributed by atoms with Crippen LogP contribution in [0.25, 0.3) is 0 Å². The van der Waals surface area contributed by atoms with Gasteiger partial charge in [0, 0.05) is 25.3 Å². The zero-order valence-corrected chi connectivity index (χ0v) is 11.5. The summed E-state index contributed by atoms with van der Waals surface area (Å²) in [5.74, 6) is 0.442. The molecule has 1 N–H and O–H groups in total. The summed E-state index contributed by atoms with van der Waals surface area (Å²) in [6.45, 7) is 4.27. The van der Waals surface area contributed by atoms with Crippen LogP contribution in [-0.4, -0.2) is 29.3 Å². The van der Waals surface area contributed by atoms with E-state index in [-0.39, 0.29) is 19.2 Å². The van der Waals surface area contributed by atoms with Crippen LogP contribution in [0.2, 0.25) is 0 Å². The van der Waals surface area contributed by atoms with Gasteiger partial charge in [0.2, 0.25) is 0 Å². The average molecular weight is 267 g/mol. The molecule has 1 aromatic rings. The second-order valence-corrected chi connectivity index (χ2v) is 4.29. The van der Waals surface area contributed by atoms with Crippen LogP contribution in [-0.2, 0) is 16.1 Å². The lowest BCUT2D eigenvalue weighted by atomic mass is 10.2. The smallest absolute Gasteiger partial charge is 0.303 e. The minimum absolute atomic E-state index is 0.170. The average Bonchev–Trinajstić information content (AvgIpc) is 2.38. The summed E-state index contributed by atoms with van der Waals surface area (Å²) in [5, 5.41) is 8.68. The van der Waals surface area contributed by atoms with Gasteiger partial charge in [-0.2, -0.15) is 0 Å². The number of aromatic nitrogens is 1. The van der Waals surface area contributed by atoms with Crippen molar-refractivity contribution in [1.29, 1.82) is 0 Å². The Morgan fingerprint density at radius 2 is 2.16 bits per heavy atom. The molecular formula is C14H21NO4. The molecule has 0 aliphatic carbocycles. The maximum absolute atomic E-state index is 10.8. The van der Waals surface area contributed by atoms with Gasteiger partial charge in [-0.3, -0.25) is 9.78 Å². The first-order valence-corrected chi connectivity index (χ1v) is 6.46. The van der Waals surface area contributed by atoms with Crippen LogP contribution in [0.5, 0.6) is 5.75 Å². The third-order valence-electron chi connectivity index (χ3n) is 2.73. The molecule has 5 heteroatoms. The summed E-state index contributed by atoms with van der Waals surface area (Å²) in [6, 6.07) is 1.80. The Hall–Kier alpha value is -1.62. The molecule has 1 aromatic heterocycles. The molecule has 106 valence electrons. The van der Waals surface area contributed by atoms with E-state index in [9.17, 15) is 4.79 Å². The Kier molecular flexibility index (Phi) is 6.89. The van der Waals surface area contributed by atoms with Crippen molar-refractivity contribution in [2.24, 2.45) is 0 Å². The molecule has 1 rings (SSSR count). The summed E-state index contributed by atoms with van der Waals surface area (Å²) in [7, 11) is 0. The molecule has 0 unspecified atom stereocenters. The van der Waals surface area contributed by atoms with E-state index >= 15 is 0 Å². The topological polar surface area (TPSA) is 68.7 Å². The zero-order valence-electron chi connectivity index (χ0n) is 11.5. The summed E-state index contributed by atoms with van der Waals surface area (Å²) >= 11 is 0. The number of nitrogens with zero attached hydrogens (tertiary/aromatic N) is 1. The van der Waals surface area contributed by atoms with Gasteiger partial charge in [-0.1, -0.05) is 0 Å². The number of esters is 1. The molecule has 0 aromatic carbocycles. The van der Waals surface area contributed by atoms with Crippen molar-refractivity contribution in [3.63, 3.8) is 0 Å². The zero-order chi connectivity index (χ0) is 14.1. The van der Waals surface area contributed by atoms with Gasteiger partial charge in [0.25, 0.3) is 0 Å². The Morgan fingerprint density at radius 3 is 2.84 bits per heavy atom. The van der Waals surface area contributed by atoms with E-state index in [4.69, 9.17) is 14.6 Å². The SMILES string of the molecule is CC(=O)OCc1nccc(OCCCCCO)c1C. The number of unbranched alkanes of at least 4 members (excludes halogenated alkanes) is 2. The first-order chi connectivity index (χ1) is 9.15. The predicted octanol–water partition coefficient (Wildman–Crippen LogP) is 1.99. The highest BCUT2D eigenvalue weighted by molar-refractivity contribution is 5.65. The van der Waals surface area contributed by atoms with E-state index in [2.05, 4.69) is 4.98 Å². The van der Waals surface area contributed by atoms with Crippen LogP contribution in [0, 0.1) is 6.92 Å². The largest absolute Gasteiger partial charge is 0.493 e. The molecule has 0 saturated carbocycles. The van der Waals surface area contributed by atoms with Crippen molar-refractivity contribution in [3.8, 4) is 5.75 Å². The second-order valence-electron chi connectivity index (χ2n) is 4.29. The fraction of sp³-hybridized carbons (Fsp3) is 0.571. The lowest BCUT2D eigenvalue weighted by molar-refractivity contribution is -0.142. The number of pyridine rings is 1. The first kappa shape index (κ1) is 15.4. The molecule has 0 saturated heterocycles. The predicted molar refractivity (Wildman–Crippen MR) is 70.9 cm³/mol. The van der Waals surface area contributed by atoms with Crippen LogP contribution in [0.1, 0.15) is 37.4 Å². The molecule has 0 atom stereocenters. The van der Waals surface area contributed by atoms with Crippen LogP contribution in [0.4, 0.5) is 0 Å². The van der Waals surface area contributed by atoms with Gasteiger partial charge in [0.05, 0.1) is 12.3 Å². The number of aliphatic hydroxyl groups excluding tert-OH is 1. The second kappa shape index (κ2) is 8.48. The molecule has 0 fully saturated rings. The van der Waals surface area contributed by atoms with Crippen LogP contribution < -0.4 is 4.74 Å². The van der Waals surface area contributed by atoms with E-state index in [1.165, 1.54) is 6.92 Å². The van der Waals surface area contributed by atoms with Gasteiger partial charge in [-0.25, -0.2) is 0 Å². The first-order valence-electron chi connectivity index (χ1n) is 6.46. The maximum atomic E-state index is 10.8. The molecule has 0 bridgehead atoms. The Balaban J connectivity index is 2.49. The highest BCUT2D eigenvalue weighted by Gasteiger charge is 2.07. The number of rotatable bonds is 8. The molecule has 0 aliphatic heterocycles. The van der Waals surface area contributed by atoms with Crippen LogP contribution in [0.3, 0.4) is 0 Å². The molecule has 1 heterocycles. The van der Waals surface area contributed by atoms with Crippen LogP contribution >= 0.6 is 0 Å². The fourth-order valence-electron chi connectivity index (χ4n) is 1.60. The number of ether oxygens (including phenoxy) is 2. The van der Waals surface area contributed by atoms with E-state index in [1.807, 2.05) is 6.92 Å². The van der Waals surface area contributed by atoms with Gasteiger partial charge >= 0.3 is 5.97 Å². The van der Waals surface area contributed by atoms with Gasteiger partial charge in [0.15, 0.2) is 0 Å². The third-order valence-corrected chi connectivity index (χ3v) is 2.73. The van der Waals surface area contributed by atoms with Crippen molar-refractivity contribution >= 4 is 5.97 Å². The minimum atomic E-state index is -0.323. The van der Waals surface area contributed by atoms with Crippen molar-refractivity contribution in [2.75, 3.05) is 13.2 Å². The van der Waals surface area contributed by atoms with E-state index < -0.39 is 0 Å². The maximum Gasteiger partial charge on any atom is 0.303 e. The quantitative estimate of drug-likeness (QED) is 0.576. The Labute approximate surface area is 113 Å². The van der Waals surface area contributed by atoms with Gasteiger partial charge in [0.1, 0.15) is 12.4 Å². The summed E-state index contributed by atoms with van der Waals surface area (Å²) in [5.41, 5.74) is 1.61.